The van der Waals surface area contributed by atoms with Crippen LogP contribution in [0.15, 0.2) is 76.5 Å². The highest BCUT2D eigenvalue weighted by molar-refractivity contribution is 7.99. The smallest absolute Gasteiger partial charge is 0.259 e. The van der Waals surface area contributed by atoms with Crippen LogP contribution in [0.3, 0.4) is 0 Å². The third-order valence-electron chi connectivity index (χ3n) is 6.04. The summed E-state index contributed by atoms with van der Waals surface area (Å²) < 4.78 is 0. The maximum absolute atomic E-state index is 13.6. The molecule has 0 saturated heterocycles. The molecule has 1 saturated carbocycles. The van der Waals surface area contributed by atoms with Gasteiger partial charge in [0.2, 0.25) is 0 Å². The summed E-state index contributed by atoms with van der Waals surface area (Å²) in [7, 11) is 0. The molecule has 2 amide bonds. The van der Waals surface area contributed by atoms with Crippen molar-refractivity contribution in [1.82, 2.24) is 5.32 Å². The van der Waals surface area contributed by atoms with Gasteiger partial charge in [-0.1, -0.05) is 60.5 Å². The van der Waals surface area contributed by atoms with Gasteiger partial charge in [0, 0.05) is 26.4 Å². The van der Waals surface area contributed by atoms with Crippen molar-refractivity contribution in [2.75, 3.05) is 4.90 Å². The lowest BCUT2D eigenvalue weighted by Gasteiger charge is -2.24. The minimum absolute atomic E-state index is 0.0739. The van der Waals surface area contributed by atoms with E-state index in [1.54, 1.807) is 16.7 Å². The molecule has 4 nitrogen and oxygen atoms in total. The Balaban J connectivity index is 1.54. The highest BCUT2D eigenvalue weighted by Gasteiger charge is 2.28. The Morgan fingerprint density at radius 3 is 2.53 bits per heavy atom. The van der Waals surface area contributed by atoms with E-state index < -0.39 is 0 Å². The molecule has 0 unspecified atom stereocenters. The average molecular weight is 463 g/mol. The Morgan fingerprint density at radius 2 is 1.75 bits per heavy atom. The zero-order valence-corrected chi connectivity index (χ0v) is 19.1. The molecule has 3 aromatic rings. The fourth-order valence-corrected chi connectivity index (χ4v) is 5.51. The van der Waals surface area contributed by atoms with E-state index >= 15 is 0 Å². The molecule has 2 aliphatic rings. The topological polar surface area (TPSA) is 49.4 Å². The van der Waals surface area contributed by atoms with Crippen molar-refractivity contribution >= 4 is 40.9 Å². The molecule has 3 aromatic carbocycles. The Hall–Kier alpha value is -2.76. The first-order chi connectivity index (χ1) is 15.6. The second-order valence-electron chi connectivity index (χ2n) is 8.25. The van der Waals surface area contributed by atoms with Gasteiger partial charge < -0.3 is 10.2 Å². The SMILES string of the molecule is O=C(NC1CCCC1)c1ccc2c(c1)N(Cc1ccc(Cl)cc1)C(=O)c1ccccc1S2. The minimum atomic E-state index is -0.0784. The quantitative estimate of drug-likeness (QED) is 0.493. The number of fused-ring (bicyclic) bond motifs is 2. The van der Waals surface area contributed by atoms with E-state index in [0.717, 1.165) is 46.7 Å². The van der Waals surface area contributed by atoms with Gasteiger partial charge in [0.25, 0.3) is 11.8 Å². The Bertz CT molecular complexity index is 1170. The van der Waals surface area contributed by atoms with Gasteiger partial charge in [0.05, 0.1) is 17.8 Å². The molecule has 1 heterocycles. The molecule has 6 heteroatoms. The number of carbonyl (C=O) groups excluding carboxylic acids is 2. The monoisotopic (exact) mass is 462 g/mol. The van der Waals surface area contributed by atoms with Crippen LogP contribution in [0.4, 0.5) is 5.69 Å². The Kier molecular flexibility index (Phi) is 5.94. The number of anilines is 1. The number of hydrogen-bond donors (Lipinski definition) is 1. The lowest BCUT2D eigenvalue weighted by molar-refractivity contribution is 0.0935. The molecular weight excluding hydrogens is 440 g/mol. The normalized spacial score (nSPS) is 15.8. The molecule has 32 heavy (non-hydrogen) atoms. The molecule has 0 bridgehead atoms. The molecule has 0 atom stereocenters. The van der Waals surface area contributed by atoms with Crippen LogP contribution in [0, 0.1) is 0 Å². The van der Waals surface area contributed by atoms with Crippen molar-refractivity contribution < 1.29 is 9.59 Å². The number of amides is 2. The number of nitrogens with zero attached hydrogens (tertiary/aromatic N) is 1. The molecule has 1 aliphatic carbocycles. The molecule has 0 radical (unpaired) electrons. The summed E-state index contributed by atoms with van der Waals surface area (Å²) in [6.45, 7) is 0.394. The van der Waals surface area contributed by atoms with E-state index in [9.17, 15) is 9.59 Å². The van der Waals surface area contributed by atoms with Gasteiger partial charge in [-0.2, -0.15) is 0 Å². The fourth-order valence-electron chi connectivity index (χ4n) is 4.33. The second kappa shape index (κ2) is 9.00. The van der Waals surface area contributed by atoms with Crippen molar-refractivity contribution in [2.24, 2.45) is 0 Å². The number of rotatable bonds is 4. The number of nitrogens with one attached hydrogen (secondary N) is 1. The Morgan fingerprint density at radius 1 is 1.00 bits per heavy atom. The second-order valence-corrected chi connectivity index (χ2v) is 9.77. The molecule has 5 rings (SSSR count). The number of hydrogen-bond acceptors (Lipinski definition) is 3. The van der Waals surface area contributed by atoms with Gasteiger partial charge in [-0.25, -0.2) is 0 Å². The number of carbonyl (C=O) groups is 2. The van der Waals surface area contributed by atoms with Gasteiger partial charge in [0.15, 0.2) is 0 Å². The maximum atomic E-state index is 13.6. The summed E-state index contributed by atoms with van der Waals surface area (Å²) in [5.74, 6) is -0.152. The molecule has 162 valence electrons. The number of halogens is 1. The molecule has 0 aromatic heterocycles. The van der Waals surface area contributed by atoms with Crippen LogP contribution in [0.25, 0.3) is 0 Å². The third-order valence-corrected chi connectivity index (χ3v) is 7.43. The van der Waals surface area contributed by atoms with E-state index in [1.807, 2.05) is 66.7 Å². The van der Waals surface area contributed by atoms with Crippen LogP contribution in [-0.2, 0) is 6.54 Å². The molecular formula is C26H23ClN2O2S. The molecule has 1 fully saturated rings. The first-order valence-electron chi connectivity index (χ1n) is 10.9. The lowest BCUT2D eigenvalue weighted by Crippen LogP contribution is -2.33. The van der Waals surface area contributed by atoms with Crippen LogP contribution in [-0.4, -0.2) is 17.9 Å². The fraction of sp³-hybridized carbons (Fsp3) is 0.231. The molecule has 1 aliphatic heterocycles. The van der Waals surface area contributed by atoms with Crippen molar-refractivity contribution in [3.8, 4) is 0 Å². The lowest BCUT2D eigenvalue weighted by atomic mass is 10.1. The van der Waals surface area contributed by atoms with Crippen LogP contribution in [0.2, 0.25) is 5.02 Å². The van der Waals surface area contributed by atoms with Gasteiger partial charge in [0.1, 0.15) is 0 Å². The molecule has 1 N–H and O–H groups in total. The minimum Gasteiger partial charge on any atom is -0.349 e. The van der Waals surface area contributed by atoms with E-state index in [0.29, 0.717) is 22.7 Å². The zero-order chi connectivity index (χ0) is 22.1. The van der Waals surface area contributed by atoms with Gasteiger partial charge in [-0.3, -0.25) is 9.59 Å². The predicted molar refractivity (Wildman–Crippen MR) is 129 cm³/mol. The van der Waals surface area contributed by atoms with E-state index in [-0.39, 0.29) is 17.9 Å². The third kappa shape index (κ3) is 4.27. The van der Waals surface area contributed by atoms with Gasteiger partial charge >= 0.3 is 0 Å². The van der Waals surface area contributed by atoms with Crippen molar-refractivity contribution in [2.45, 2.75) is 48.1 Å². The van der Waals surface area contributed by atoms with Crippen molar-refractivity contribution in [3.05, 3.63) is 88.4 Å². The highest BCUT2D eigenvalue weighted by Crippen LogP contribution is 2.42. The summed E-state index contributed by atoms with van der Waals surface area (Å²) >= 11 is 7.62. The molecule has 0 spiro atoms. The highest BCUT2D eigenvalue weighted by atomic mass is 35.5. The van der Waals surface area contributed by atoms with E-state index in [4.69, 9.17) is 11.6 Å². The standard InChI is InChI=1S/C26H23ClN2O2S/c27-19-12-9-17(10-13-19)16-29-22-15-18(25(30)28-20-5-1-2-6-20)11-14-24(22)32-23-8-4-3-7-21(23)26(29)31/h3-4,7-15,20H,1-2,5-6,16H2,(H,28,30). The summed E-state index contributed by atoms with van der Waals surface area (Å²) in [5.41, 5.74) is 2.97. The van der Waals surface area contributed by atoms with Crippen LogP contribution >= 0.6 is 23.4 Å². The van der Waals surface area contributed by atoms with Crippen LogP contribution < -0.4 is 10.2 Å². The summed E-state index contributed by atoms with van der Waals surface area (Å²) in [6.07, 6.45) is 4.38. The predicted octanol–water partition coefficient (Wildman–Crippen LogP) is 6.32. The summed E-state index contributed by atoms with van der Waals surface area (Å²) in [5, 5.41) is 3.81. The van der Waals surface area contributed by atoms with Crippen LogP contribution in [0.5, 0.6) is 0 Å². The zero-order valence-electron chi connectivity index (χ0n) is 17.5. The maximum Gasteiger partial charge on any atom is 0.259 e. The van der Waals surface area contributed by atoms with E-state index in [2.05, 4.69) is 5.32 Å². The first kappa shape index (κ1) is 21.1. The van der Waals surface area contributed by atoms with E-state index in [1.165, 1.54) is 0 Å². The average Bonchev–Trinajstić information content (AvgIpc) is 3.28. The van der Waals surface area contributed by atoms with Gasteiger partial charge in [-0.15, -0.1) is 0 Å². The first-order valence-corrected chi connectivity index (χ1v) is 12.1. The van der Waals surface area contributed by atoms with Gasteiger partial charge in [-0.05, 0) is 60.9 Å². The Labute approximate surface area is 197 Å². The number of benzene rings is 3. The summed E-state index contributed by atoms with van der Waals surface area (Å²) in [4.78, 5) is 30.2. The summed E-state index contributed by atoms with van der Waals surface area (Å²) in [6, 6.07) is 21.1. The van der Waals surface area contributed by atoms with Crippen molar-refractivity contribution in [1.29, 1.82) is 0 Å². The largest absolute Gasteiger partial charge is 0.349 e. The van der Waals surface area contributed by atoms with Crippen LogP contribution in [0.1, 0.15) is 52.0 Å². The van der Waals surface area contributed by atoms with Crippen molar-refractivity contribution in [3.63, 3.8) is 0 Å².